The lowest BCUT2D eigenvalue weighted by atomic mass is 10.1. The Morgan fingerprint density at radius 2 is 2.00 bits per heavy atom. The standard InChI is InChI=1S/C13H20N2O/c1-10-6-7-12(9-11(10)2)16-8-4-3-5-13(14)15/h6-7,9H,3-5,8H2,1-2H3,(H3,14,15). The van der Waals surface area contributed by atoms with Crippen molar-refractivity contribution in [1.82, 2.24) is 0 Å². The zero-order valence-electron chi connectivity index (χ0n) is 10.0. The van der Waals surface area contributed by atoms with E-state index in [1.807, 2.05) is 6.07 Å². The van der Waals surface area contributed by atoms with Crippen LogP contribution in [0.4, 0.5) is 0 Å². The average molecular weight is 220 g/mol. The molecule has 3 nitrogen and oxygen atoms in total. The van der Waals surface area contributed by atoms with Crippen molar-refractivity contribution in [2.45, 2.75) is 33.1 Å². The Kier molecular flexibility index (Phi) is 4.83. The van der Waals surface area contributed by atoms with Crippen molar-refractivity contribution in [3.63, 3.8) is 0 Å². The predicted octanol–water partition coefficient (Wildman–Crippen LogP) is 2.79. The first kappa shape index (κ1) is 12.6. The summed E-state index contributed by atoms with van der Waals surface area (Å²) in [6.45, 7) is 4.86. The van der Waals surface area contributed by atoms with Crippen molar-refractivity contribution >= 4 is 5.84 Å². The molecule has 3 N–H and O–H groups in total. The third kappa shape index (κ3) is 4.34. The number of nitrogens with one attached hydrogen (secondary N) is 1. The molecule has 88 valence electrons. The molecular weight excluding hydrogens is 200 g/mol. The molecule has 0 saturated carbocycles. The molecule has 0 aromatic heterocycles. The molecule has 0 radical (unpaired) electrons. The lowest BCUT2D eigenvalue weighted by molar-refractivity contribution is 0.307. The molecule has 0 heterocycles. The molecule has 0 atom stereocenters. The minimum atomic E-state index is 0.256. The van der Waals surface area contributed by atoms with Crippen LogP contribution in [0.15, 0.2) is 18.2 Å². The molecule has 1 rings (SSSR count). The van der Waals surface area contributed by atoms with Gasteiger partial charge in [0.05, 0.1) is 12.4 Å². The van der Waals surface area contributed by atoms with Crippen molar-refractivity contribution in [2.24, 2.45) is 5.73 Å². The number of nitrogens with two attached hydrogens (primary N) is 1. The molecule has 0 aliphatic rings. The maximum absolute atomic E-state index is 7.08. The highest BCUT2D eigenvalue weighted by Crippen LogP contribution is 2.16. The van der Waals surface area contributed by atoms with Gasteiger partial charge in [-0.3, -0.25) is 5.41 Å². The summed E-state index contributed by atoms with van der Waals surface area (Å²) in [4.78, 5) is 0. The van der Waals surface area contributed by atoms with E-state index in [-0.39, 0.29) is 5.84 Å². The summed E-state index contributed by atoms with van der Waals surface area (Å²) in [5.41, 5.74) is 7.80. The minimum Gasteiger partial charge on any atom is -0.494 e. The number of aryl methyl sites for hydroxylation is 2. The SMILES string of the molecule is Cc1ccc(OCCCCC(=N)N)cc1C. The number of amidine groups is 1. The second kappa shape index (κ2) is 6.16. The van der Waals surface area contributed by atoms with Gasteiger partial charge >= 0.3 is 0 Å². The van der Waals surface area contributed by atoms with Gasteiger partial charge < -0.3 is 10.5 Å². The van der Waals surface area contributed by atoms with E-state index in [0.29, 0.717) is 13.0 Å². The van der Waals surface area contributed by atoms with Crippen molar-refractivity contribution in [1.29, 1.82) is 5.41 Å². The summed E-state index contributed by atoms with van der Waals surface area (Å²) in [5, 5.41) is 7.08. The molecule has 1 aromatic rings. The van der Waals surface area contributed by atoms with Crippen LogP contribution in [-0.4, -0.2) is 12.4 Å². The molecular formula is C13H20N2O. The number of ether oxygens (including phenoxy) is 1. The summed E-state index contributed by atoms with van der Waals surface area (Å²) in [6.07, 6.45) is 2.52. The number of hydrogen-bond donors (Lipinski definition) is 2. The van der Waals surface area contributed by atoms with Crippen LogP contribution < -0.4 is 10.5 Å². The normalized spacial score (nSPS) is 10.1. The zero-order chi connectivity index (χ0) is 12.0. The summed E-state index contributed by atoms with van der Waals surface area (Å²) in [6, 6.07) is 6.12. The van der Waals surface area contributed by atoms with E-state index in [1.165, 1.54) is 11.1 Å². The summed E-state index contributed by atoms with van der Waals surface area (Å²) < 4.78 is 5.61. The maximum atomic E-state index is 7.08. The van der Waals surface area contributed by atoms with Gasteiger partial charge in [0.2, 0.25) is 0 Å². The second-order valence-electron chi connectivity index (χ2n) is 4.08. The van der Waals surface area contributed by atoms with Gasteiger partial charge in [-0.2, -0.15) is 0 Å². The zero-order valence-corrected chi connectivity index (χ0v) is 10.0. The molecule has 0 bridgehead atoms. The number of unbranched alkanes of at least 4 members (excludes halogenated alkanes) is 1. The third-order valence-electron chi connectivity index (χ3n) is 2.59. The van der Waals surface area contributed by atoms with Crippen molar-refractivity contribution in [3.05, 3.63) is 29.3 Å². The Bertz CT molecular complexity index is 361. The Morgan fingerprint density at radius 3 is 2.62 bits per heavy atom. The molecule has 1 aromatic carbocycles. The van der Waals surface area contributed by atoms with Gasteiger partial charge in [-0.25, -0.2) is 0 Å². The predicted molar refractivity (Wildman–Crippen MR) is 67.2 cm³/mol. The topological polar surface area (TPSA) is 59.1 Å². The van der Waals surface area contributed by atoms with Gasteiger partial charge in [0.15, 0.2) is 0 Å². The Labute approximate surface area is 97.1 Å². The first-order valence-electron chi connectivity index (χ1n) is 5.62. The van der Waals surface area contributed by atoms with Gasteiger partial charge in [-0.05, 0) is 49.9 Å². The van der Waals surface area contributed by atoms with E-state index < -0.39 is 0 Å². The maximum Gasteiger partial charge on any atom is 0.119 e. The van der Waals surface area contributed by atoms with Crippen molar-refractivity contribution < 1.29 is 4.74 Å². The Morgan fingerprint density at radius 1 is 1.25 bits per heavy atom. The van der Waals surface area contributed by atoms with Crippen molar-refractivity contribution in [2.75, 3.05) is 6.61 Å². The molecule has 0 amide bonds. The van der Waals surface area contributed by atoms with Gasteiger partial charge in [-0.15, -0.1) is 0 Å². The monoisotopic (exact) mass is 220 g/mol. The molecule has 16 heavy (non-hydrogen) atoms. The first-order chi connectivity index (χ1) is 7.59. The van der Waals surface area contributed by atoms with Crippen LogP contribution in [0.1, 0.15) is 30.4 Å². The first-order valence-corrected chi connectivity index (χ1v) is 5.62. The molecule has 0 aliphatic heterocycles. The Balaban J connectivity index is 2.27. The quantitative estimate of drug-likeness (QED) is 0.440. The average Bonchev–Trinajstić information content (AvgIpc) is 2.22. The molecule has 0 saturated heterocycles. The van der Waals surface area contributed by atoms with E-state index >= 15 is 0 Å². The van der Waals surface area contributed by atoms with Gasteiger partial charge in [0.25, 0.3) is 0 Å². The summed E-state index contributed by atoms with van der Waals surface area (Å²) in [5.74, 6) is 1.18. The molecule has 0 fully saturated rings. The minimum absolute atomic E-state index is 0.256. The fourth-order valence-corrected chi connectivity index (χ4v) is 1.41. The van der Waals surface area contributed by atoms with E-state index in [4.69, 9.17) is 15.9 Å². The van der Waals surface area contributed by atoms with Crippen molar-refractivity contribution in [3.8, 4) is 5.75 Å². The second-order valence-corrected chi connectivity index (χ2v) is 4.08. The molecule has 0 unspecified atom stereocenters. The number of benzene rings is 1. The van der Waals surface area contributed by atoms with Crippen LogP contribution in [-0.2, 0) is 0 Å². The smallest absolute Gasteiger partial charge is 0.119 e. The van der Waals surface area contributed by atoms with Crippen LogP contribution in [0.25, 0.3) is 0 Å². The lowest BCUT2D eigenvalue weighted by Crippen LogP contribution is -2.09. The van der Waals surface area contributed by atoms with Gasteiger partial charge in [0.1, 0.15) is 5.75 Å². The van der Waals surface area contributed by atoms with E-state index in [1.54, 1.807) is 0 Å². The lowest BCUT2D eigenvalue weighted by Gasteiger charge is -2.08. The van der Waals surface area contributed by atoms with Gasteiger partial charge in [0, 0.05) is 6.42 Å². The number of rotatable bonds is 6. The van der Waals surface area contributed by atoms with Crippen LogP contribution in [0.5, 0.6) is 5.75 Å². The summed E-state index contributed by atoms with van der Waals surface area (Å²) >= 11 is 0. The van der Waals surface area contributed by atoms with Crippen LogP contribution >= 0.6 is 0 Å². The van der Waals surface area contributed by atoms with E-state index in [2.05, 4.69) is 26.0 Å². The highest BCUT2D eigenvalue weighted by molar-refractivity contribution is 5.76. The van der Waals surface area contributed by atoms with Gasteiger partial charge in [-0.1, -0.05) is 6.07 Å². The molecule has 3 heteroatoms. The summed E-state index contributed by atoms with van der Waals surface area (Å²) in [7, 11) is 0. The Hall–Kier alpha value is -1.51. The largest absolute Gasteiger partial charge is 0.494 e. The highest BCUT2D eigenvalue weighted by atomic mass is 16.5. The number of hydrogen-bond acceptors (Lipinski definition) is 2. The molecule has 0 spiro atoms. The van der Waals surface area contributed by atoms with Crippen LogP contribution in [0.3, 0.4) is 0 Å². The van der Waals surface area contributed by atoms with E-state index in [9.17, 15) is 0 Å². The fraction of sp³-hybridized carbons (Fsp3) is 0.462. The van der Waals surface area contributed by atoms with Crippen LogP contribution in [0.2, 0.25) is 0 Å². The third-order valence-corrected chi connectivity index (χ3v) is 2.59. The fourth-order valence-electron chi connectivity index (χ4n) is 1.41. The molecule has 0 aliphatic carbocycles. The van der Waals surface area contributed by atoms with Crippen LogP contribution in [0, 0.1) is 19.3 Å². The highest BCUT2D eigenvalue weighted by Gasteiger charge is 1.97. The van der Waals surface area contributed by atoms with E-state index in [0.717, 1.165) is 18.6 Å².